The summed E-state index contributed by atoms with van der Waals surface area (Å²) in [5.74, 6) is 0.855. The van der Waals surface area contributed by atoms with Gasteiger partial charge in [-0.2, -0.15) is 0 Å². The van der Waals surface area contributed by atoms with Crippen molar-refractivity contribution in [3.05, 3.63) is 0 Å². The molecule has 380 valence electrons. The van der Waals surface area contributed by atoms with E-state index in [9.17, 15) is 14.4 Å². The van der Waals surface area contributed by atoms with E-state index in [1.807, 2.05) is 0 Å². The summed E-state index contributed by atoms with van der Waals surface area (Å²) in [5, 5.41) is 0. The average molecular weight is 906 g/mol. The van der Waals surface area contributed by atoms with Crippen molar-refractivity contribution in [1.82, 2.24) is 0 Å². The van der Waals surface area contributed by atoms with Gasteiger partial charge in [-0.3, -0.25) is 14.4 Å². The molecule has 0 rings (SSSR count). The standard InChI is InChI=1S/C58H112O6/c1-6-7-8-9-10-26-33-38-43-48-56(59)62-51-55(52-63-57(60)49-44-39-34-29-24-21-17-19-23-28-32-37-42-47-54(4)5)64-58(61)50-45-40-35-30-25-20-16-14-12-11-13-15-18-22-27-31-36-41-46-53(2)3/h53-55H,6-52H2,1-5H3/t55-/m1/s1. The molecule has 0 saturated carbocycles. The van der Waals surface area contributed by atoms with E-state index in [0.717, 1.165) is 69.6 Å². The minimum absolute atomic E-state index is 0.0629. The summed E-state index contributed by atoms with van der Waals surface area (Å²) in [4.78, 5) is 38.0. The number of hydrogen-bond acceptors (Lipinski definition) is 6. The highest BCUT2D eigenvalue weighted by molar-refractivity contribution is 5.71. The number of ether oxygens (including phenoxy) is 3. The van der Waals surface area contributed by atoms with Crippen LogP contribution in [0, 0.1) is 11.8 Å². The summed E-state index contributed by atoms with van der Waals surface area (Å²) >= 11 is 0. The van der Waals surface area contributed by atoms with Gasteiger partial charge in [0.15, 0.2) is 6.10 Å². The van der Waals surface area contributed by atoms with Gasteiger partial charge in [-0.25, -0.2) is 0 Å². The summed E-state index contributed by atoms with van der Waals surface area (Å²) in [5.41, 5.74) is 0. The highest BCUT2D eigenvalue weighted by Gasteiger charge is 2.19. The Morgan fingerprint density at radius 3 is 0.766 bits per heavy atom. The van der Waals surface area contributed by atoms with Crippen molar-refractivity contribution < 1.29 is 28.6 Å². The minimum atomic E-state index is -0.761. The van der Waals surface area contributed by atoms with E-state index in [1.54, 1.807) is 0 Å². The van der Waals surface area contributed by atoms with Crippen molar-refractivity contribution in [3.63, 3.8) is 0 Å². The molecule has 0 radical (unpaired) electrons. The van der Waals surface area contributed by atoms with Crippen LogP contribution in [0.1, 0.15) is 324 Å². The summed E-state index contributed by atoms with van der Waals surface area (Å²) in [6.07, 6.45) is 53.9. The molecule has 0 aromatic heterocycles. The second kappa shape index (κ2) is 50.8. The number of carbonyl (C=O) groups is 3. The minimum Gasteiger partial charge on any atom is -0.462 e. The molecule has 0 aliphatic rings. The fourth-order valence-corrected chi connectivity index (χ4v) is 8.87. The van der Waals surface area contributed by atoms with Crippen LogP contribution in [0.2, 0.25) is 0 Å². The van der Waals surface area contributed by atoms with Gasteiger partial charge in [0.05, 0.1) is 0 Å². The molecule has 0 saturated heterocycles. The maximum absolute atomic E-state index is 12.8. The Hall–Kier alpha value is -1.59. The van der Waals surface area contributed by atoms with Crippen molar-refractivity contribution in [2.75, 3.05) is 13.2 Å². The normalized spacial score (nSPS) is 12.0. The van der Waals surface area contributed by atoms with Crippen molar-refractivity contribution in [2.24, 2.45) is 11.8 Å². The van der Waals surface area contributed by atoms with Crippen LogP contribution < -0.4 is 0 Å². The van der Waals surface area contributed by atoms with Gasteiger partial charge in [0.2, 0.25) is 0 Å². The molecule has 0 aromatic rings. The first kappa shape index (κ1) is 62.4. The first-order valence-corrected chi connectivity index (χ1v) is 28.7. The molecule has 0 unspecified atom stereocenters. The van der Waals surface area contributed by atoms with E-state index in [4.69, 9.17) is 14.2 Å². The Morgan fingerprint density at radius 2 is 0.516 bits per heavy atom. The second-order valence-electron chi connectivity index (χ2n) is 20.9. The van der Waals surface area contributed by atoms with Crippen LogP contribution in [0.5, 0.6) is 0 Å². The van der Waals surface area contributed by atoms with Crippen LogP contribution in [0.4, 0.5) is 0 Å². The topological polar surface area (TPSA) is 78.9 Å². The predicted octanol–water partition coefficient (Wildman–Crippen LogP) is 18.9. The van der Waals surface area contributed by atoms with Gasteiger partial charge < -0.3 is 14.2 Å². The SMILES string of the molecule is CCCCCCCCCCCC(=O)OC[C@H](COC(=O)CCCCCCCCCCCCCCCC(C)C)OC(=O)CCCCCCCCCCCCCCCCCCCCC(C)C. The third kappa shape index (κ3) is 51.4. The van der Waals surface area contributed by atoms with Gasteiger partial charge in [-0.1, -0.05) is 285 Å². The first-order valence-electron chi connectivity index (χ1n) is 28.7. The van der Waals surface area contributed by atoms with Crippen LogP contribution in [0.3, 0.4) is 0 Å². The van der Waals surface area contributed by atoms with Gasteiger partial charge in [-0.05, 0) is 31.1 Å². The zero-order chi connectivity index (χ0) is 46.8. The molecule has 0 heterocycles. The van der Waals surface area contributed by atoms with Crippen molar-refractivity contribution >= 4 is 17.9 Å². The fourth-order valence-electron chi connectivity index (χ4n) is 8.87. The van der Waals surface area contributed by atoms with Crippen LogP contribution >= 0.6 is 0 Å². The highest BCUT2D eigenvalue weighted by Crippen LogP contribution is 2.18. The largest absolute Gasteiger partial charge is 0.462 e. The highest BCUT2D eigenvalue weighted by atomic mass is 16.6. The lowest BCUT2D eigenvalue weighted by Crippen LogP contribution is -2.30. The lowest BCUT2D eigenvalue weighted by Gasteiger charge is -2.18. The number of unbranched alkanes of at least 4 members (excludes halogenated alkanes) is 37. The monoisotopic (exact) mass is 905 g/mol. The van der Waals surface area contributed by atoms with E-state index in [2.05, 4.69) is 34.6 Å². The molecule has 0 aromatic carbocycles. The van der Waals surface area contributed by atoms with Crippen molar-refractivity contribution in [2.45, 2.75) is 330 Å². The molecule has 64 heavy (non-hydrogen) atoms. The lowest BCUT2D eigenvalue weighted by molar-refractivity contribution is -0.167. The maximum Gasteiger partial charge on any atom is 0.306 e. The van der Waals surface area contributed by atoms with Gasteiger partial charge in [0.1, 0.15) is 13.2 Å². The van der Waals surface area contributed by atoms with Crippen LogP contribution in [0.15, 0.2) is 0 Å². The molecule has 0 amide bonds. The van der Waals surface area contributed by atoms with E-state index in [0.29, 0.717) is 19.3 Å². The number of hydrogen-bond donors (Lipinski definition) is 0. The van der Waals surface area contributed by atoms with Crippen LogP contribution in [-0.4, -0.2) is 37.2 Å². The van der Waals surface area contributed by atoms with Crippen LogP contribution in [-0.2, 0) is 28.6 Å². The van der Waals surface area contributed by atoms with E-state index >= 15 is 0 Å². The van der Waals surface area contributed by atoms with Gasteiger partial charge in [0, 0.05) is 19.3 Å². The Labute approximate surface area is 399 Å². The van der Waals surface area contributed by atoms with Crippen molar-refractivity contribution in [1.29, 1.82) is 0 Å². The van der Waals surface area contributed by atoms with Crippen LogP contribution in [0.25, 0.3) is 0 Å². The fraction of sp³-hybridized carbons (Fsp3) is 0.948. The third-order valence-corrected chi connectivity index (χ3v) is 13.2. The first-order chi connectivity index (χ1) is 31.2. The number of carbonyl (C=O) groups excluding carboxylic acids is 3. The van der Waals surface area contributed by atoms with Gasteiger partial charge in [-0.15, -0.1) is 0 Å². The second-order valence-corrected chi connectivity index (χ2v) is 20.9. The predicted molar refractivity (Wildman–Crippen MR) is 275 cm³/mol. The molecule has 0 aliphatic carbocycles. The molecule has 0 fully saturated rings. The van der Waals surface area contributed by atoms with E-state index < -0.39 is 6.10 Å². The quantitative estimate of drug-likeness (QED) is 0.0344. The molecule has 6 heteroatoms. The van der Waals surface area contributed by atoms with E-state index in [-0.39, 0.29) is 31.1 Å². The number of esters is 3. The number of rotatable bonds is 52. The molecule has 0 aliphatic heterocycles. The zero-order valence-corrected chi connectivity index (χ0v) is 43.9. The maximum atomic E-state index is 12.8. The molecule has 1 atom stereocenters. The molecular formula is C58H112O6. The smallest absolute Gasteiger partial charge is 0.306 e. The van der Waals surface area contributed by atoms with E-state index in [1.165, 1.54) is 212 Å². The van der Waals surface area contributed by atoms with Gasteiger partial charge >= 0.3 is 17.9 Å². The zero-order valence-electron chi connectivity index (χ0n) is 43.9. The van der Waals surface area contributed by atoms with Gasteiger partial charge in [0.25, 0.3) is 0 Å². The third-order valence-electron chi connectivity index (χ3n) is 13.2. The Bertz CT molecular complexity index is 978. The summed E-state index contributed by atoms with van der Waals surface area (Å²) in [6.45, 7) is 11.4. The Morgan fingerprint density at radius 1 is 0.297 bits per heavy atom. The van der Waals surface area contributed by atoms with Crippen molar-refractivity contribution in [3.8, 4) is 0 Å². The summed E-state index contributed by atoms with van der Waals surface area (Å²) in [6, 6.07) is 0. The molecule has 0 spiro atoms. The Kier molecular flexibility index (Phi) is 49.6. The Balaban J connectivity index is 4.20. The molecular weight excluding hydrogens is 793 g/mol. The lowest BCUT2D eigenvalue weighted by atomic mass is 10.0. The summed E-state index contributed by atoms with van der Waals surface area (Å²) in [7, 11) is 0. The molecule has 6 nitrogen and oxygen atoms in total. The average Bonchev–Trinajstić information content (AvgIpc) is 3.27. The summed E-state index contributed by atoms with van der Waals surface area (Å²) < 4.78 is 16.8. The molecule has 0 N–H and O–H groups in total. The molecule has 0 bridgehead atoms.